The number of hydrogen-bond donors (Lipinski definition) is 3. The Hall–Kier alpha value is -0.710. The van der Waals surface area contributed by atoms with E-state index in [4.69, 9.17) is 0 Å². The van der Waals surface area contributed by atoms with Crippen molar-refractivity contribution in [2.45, 2.75) is 111 Å². The van der Waals surface area contributed by atoms with Crippen molar-refractivity contribution in [1.29, 1.82) is 0 Å². The highest BCUT2D eigenvalue weighted by molar-refractivity contribution is 5.83. The van der Waals surface area contributed by atoms with Crippen LogP contribution in [0, 0.1) is 51.8 Å². The molecule has 0 aromatic rings. The van der Waals surface area contributed by atoms with Crippen LogP contribution < -0.4 is 0 Å². The second-order valence-corrected chi connectivity index (χ2v) is 13.8. The Morgan fingerprint density at radius 1 is 1.03 bits per heavy atom. The van der Waals surface area contributed by atoms with Crippen molar-refractivity contribution in [2.75, 3.05) is 0 Å². The van der Waals surface area contributed by atoms with E-state index in [9.17, 15) is 20.1 Å². The van der Waals surface area contributed by atoms with Crippen molar-refractivity contribution in [2.24, 2.45) is 51.8 Å². The van der Waals surface area contributed by atoms with E-state index < -0.39 is 12.2 Å². The van der Waals surface area contributed by atoms with Gasteiger partial charge in [-0.25, -0.2) is 0 Å². The molecule has 4 aliphatic rings. The number of carbonyl (C=O) groups is 1. The molecule has 4 saturated carbocycles. The minimum atomic E-state index is -0.913. The third kappa shape index (κ3) is 3.96. The van der Waals surface area contributed by atoms with Gasteiger partial charge in [-0.3, -0.25) is 4.79 Å². The third-order valence-electron chi connectivity index (χ3n) is 11.3. The average molecular weight is 461 g/mol. The first-order valence-corrected chi connectivity index (χ1v) is 13.5. The fraction of sp³-hybridized carbons (Fsp3) is 0.897. The normalized spacial score (nSPS) is 46.0. The quantitative estimate of drug-likeness (QED) is 0.507. The second kappa shape index (κ2) is 8.45. The summed E-state index contributed by atoms with van der Waals surface area (Å²) in [7, 11) is 0. The van der Waals surface area contributed by atoms with Crippen LogP contribution >= 0.6 is 0 Å². The van der Waals surface area contributed by atoms with Crippen LogP contribution in [0.1, 0.15) is 92.9 Å². The van der Waals surface area contributed by atoms with Crippen LogP contribution in [0.5, 0.6) is 0 Å². The highest BCUT2D eigenvalue weighted by Gasteiger charge is 2.63. The van der Waals surface area contributed by atoms with Crippen molar-refractivity contribution in [1.82, 2.24) is 0 Å². The van der Waals surface area contributed by atoms with Crippen LogP contribution in [0.2, 0.25) is 0 Å². The lowest BCUT2D eigenvalue weighted by atomic mass is 9.44. The maximum Gasteiger partial charge on any atom is 0.136 e. The lowest BCUT2D eigenvalue weighted by Crippen LogP contribution is -2.57. The monoisotopic (exact) mass is 460 g/mol. The third-order valence-corrected chi connectivity index (χ3v) is 11.3. The predicted molar refractivity (Wildman–Crippen MR) is 131 cm³/mol. The van der Waals surface area contributed by atoms with Gasteiger partial charge in [-0.15, -0.1) is 0 Å². The van der Waals surface area contributed by atoms with Crippen LogP contribution in [0.25, 0.3) is 0 Å². The van der Waals surface area contributed by atoms with Crippen molar-refractivity contribution >= 4 is 5.78 Å². The molecule has 3 N–H and O–H groups in total. The molecular formula is C29H48O4. The lowest BCUT2D eigenvalue weighted by Gasteiger charge is -2.60. The number of ketones is 1. The molecule has 0 saturated heterocycles. The van der Waals surface area contributed by atoms with Crippen LogP contribution in [-0.4, -0.2) is 39.4 Å². The first-order valence-electron chi connectivity index (χ1n) is 13.5. The summed E-state index contributed by atoms with van der Waals surface area (Å²) in [6, 6.07) is 0. The predicted octanol–water partition coefficient (Wildman–Crippen LogP) is 5.15. The fourth-order valence-electron chi connectivity index (χ4n) is 9.10. The number of Topliss-reactive ketones (excluding diaryl/α,β-unsaturated/α-hetero) is 1. The standard InChI is InChI=1S/C29H48O4/c1-16(25(32)26(33)17(2)27(3,4)5)20-8-9-21-19-15-24(31)23-14-18(30)10-12-29(23,7)22(19)11-13-28(20,21)6/h16,18-23,25-26,30,32-33H,2,8-15H2,1,3-7H3/t16-,18+,19-,20+,21-,22-,23+,25+,26+,28-,29+/m0/s1. The molecule has 11 atom stereocenters. The SMILES string of the molecule is C=C([C@@H](O)[C@H](O)[C@@H](C)[C@H]1CC[C@H]2[C@@H]3CC(=O)[C@H]4C[C@H](O)CC[C@]4(C)[C@H]3CC[C@@]12C)C(C)(C)C. The number of aliphatic hydroxyl groups is 3. The molecule has 188 valence electrons. The zero-order chi connectivity index (χ0) is 24.5. The van der Waals surface area contributed by atoms with Crippen molar-refractivity contribution < 1.29 is 20.1 Å². The van der Waals surface area contributed by atoms with Crippen LogP contribution in [-0.2, 0) is 4.79 Å². The Morgan fingerprint density at radius 3 is 2.27 bits per heavy atom. The summed E-state index contributed by atoms with van der Waals surface area (Å²) in [6.45, 7) is 17.1. The molecule has 4 fully saturated rings. The van der Waals surface area contributed by atoms with E-state index in [1.54, 1.807) is 0 Å². The summed E-state index contributed by atoms with van der Waals surface area (Å²) in [6.07, 6.45) is 5.53. The maximum atomic E-state index is 13.3. The molecule has 0 heterocycles. The molecule has 0 spiro atoms. The van der Waals surface area contributed by atoms with Gasteiger partial charge in [-0.2, -0.15) is 0 Å². The molecule has 0 radical (unpaired) electrons. The van der Waals surface area contributed by atoms with Crippen LogP contribution in [0.3, 0.4) is 0 Å². The summed E-state index contributed by atoms with van der Waals surface area (Å²) >= 11 is 0. The highest BCUT2D eigenvalue weighted by atomic mass is 16.3. The second-order valence-electron chi connectivity index (χ2n) is 13.8. The zero-order valence-corrected chi connectivity index (χ0v) is 21.8. The van der Waals surface area contributed by atoms with Crippen LogP contribution in [0.15, 0.2) is 12.2 Å². The van der Waals surface area contributed by atoms with Gasteiger partial charge >= 0.3 is 0 Å². The van der Waals surface area contributed by atoms with E-state index in [-0.39, 0.29) is 34.2 Å². The Morgan fingerprint density at radius 2 is 1.64 bits per heavy atom. The van der Waals surface area contributed by atoms with Gasteiger partial charge < -0.3 is 15.3 Å². The van der Waals surface area contributed by atoms with Gasteiger partial charge in [0.25, 0.3) is 0 Å². The van der Waals surface area contributed by atoms with Crippen LogP contribution in [0.4, 0.5) is 0 Å². The first-order chi connectivity index (χ1) is 15.2. The Bertz CT molecular complexity index is 783. The molecule has 0 bridgehead atoms. The first kappa shape index (κ1) is 25.4. The van der Waals surface area contributed by atoms with Crippen molar-refractivity contribution in [3.63, 3.8) is 0 Å². The summed E-state index contributed by atoms with van der Waals surface area (Å²) in [5.41, 5.74) is 0.580. The zero-order valence-electron chi connectivity index (χ0n) is 21.8. The minimum Gasteiger partial charge on any atom is -0.393 e. The number of rotatable bonds is 4. The Kier molecular flexibility index (Phi) is 6.50. The van der Waals surface area contributed by atoms with Gasteiger partial charge in [0.05, 0.1) is 12.2 Å². The number of fused-ring (bicyclic) bond motifs is 5. The molecule has 4 aliphatic carbocycles. The van der Waals surface area contributed by atoms with Gasteiger partial charge in [0.1, 0.15) is 11.9 Å². The molecule has 33 heavy (non-hydrogen) atoms. The van der Waals surface area contributed by atoms with E-state index in [1.807, 2.05) is 20.8 Å². The molecular weight excluding hydrogens is 412 g/mol. The minimum absolute atomic E-state index is 0.0156. The summed E-state index contributed by atoms with van der Waals surface area (Å²) < 4.78 is 0. The maximum absolute atomic E-state index is 13.3. The molecule has 4 heteroatoms. The van der Waals surface area contributed by atoms with E-state index in [2.05, 4.69) is 27.4 Å². The fourth-order valence-corrected chi connectivity index (χ4v) is 9.10. The van der Waals surface area contributed by atoms with E-state index >= 15 is 0 Å². The molecule has 4 rings (SSSR count). The molecule has 0 unspecified atom stereocenters. The topological polar surface area (TPSA) is 77.8 Å². The van der Waals surface area contributed by atoms with Gasteiger partial charge in [-0.1, -0.05) is 48.1 Å². The molecule has 0 aromatic heterocycles. The lowest BCUT2D eigenvalue weighted by molar-refractivity contribution is -0.161. The number of aliphatic hydroxyl groups excluding tert-OH is 3. The molecule has 0 aromatic carbocycles. The Labute approximate surface area is 201 Å². The smallest absolute Gasteiger partial charge is 0.136 e. The van der Waals surface area contributed by atoms with E-state index in [1.165, 1.54) is 0 Å². The highest BCUT2D eigenvalue weighted by Crippen LogP contribution is 2.67. The van der Waals surface area contributed by atoms with Gasteiger partial charge in [0, 0.05) is 12.3 Å². The number of hydrogen-bond acceptors (Lipinski definition) is 4. The number of carbonyl (C=O) groups excluding carboxylic acids is 1. The van der Waals surface area contributed by atoms with Gasteiger partial charge in [0.15, 0.2) is 0 Å². The molecule has 4 nitrogen and oxygen atoms in total. The summed E-state index contributed by atoms with van der Waals surface area (Å²) in [5.74, 6) is 2.24. The largest absolute Gasteiger partial charge is 0.393 e. The van der Waals surface area contributed by atoms with Crippen molar-refractivity contribution in [3.8, 4) is 0 Å². The molecule has 0 amide bonds. The molecule has 0 aliphatic heterocycles. The Balaban J connectivity index is 1.55. The summed E-state index contributed by atoms with van der Waals surface area (Å²) in [5, 5.41) is 32.4. The average Bonchev–Trinajstić information content (AvgIpc) is 3.09. The van der Waals surface area contributed by atoms with E-state index in [0.717, 1.165) is 38.5 Å². The summed E-state index contributed by atoms with van der Waals surface area (Å²) in [4.78, 5) is 13.3. The van der Waals surface area contributed by atoms with Crippen molar-refractivity contribution in [3.05, 3.63) is 12.2 Å². The van der Waals surface area contributed by atoms with E-state index in [0.29, 0.717) is 47.9 Å². The van der Waals surface area contributed by atoms with Gasteiger partial charge in [-0.05, 0) is 96.4 Å². The van der Waals surface area contributed by atoms with Gasteiger partial charge in [0.2, 0.25) is 0 Å².